The third-order valence-electron chi connectivity index (χ3n) is 3.94. The standard InChI is InChI=1S/C14H8F13NO3/c15-9(16,5-8(29)6-1-3-7(4-2-6)28(30)31)10(17,18)11(19,20)12(21,22)13(23,24)14(25,26)27/h1-4,8,29H,5H2. The topological polar surface area (TPSA) is 63.4 Å². The van der Waals surface area contributed by atoms with Gasteiger partial charge in [0.2, 0.25) is 0 Å². The Morgan fingerprint density at radius 2 is 1.13 bits per heavy atom. The monoisotopic (exact) mass is 485 g/mol. The van der Waals surface area contributed by atoms with Crippen LogP contribution >= 0.6 is 0 Å². The van der Waals surface area contributed by atoms with Crippen molar-refractivity contribution in [2.45, 2.75) is 48.3 Å². The molecule has 0 saturated carbocycles. The second kappa shape index (κ2) is 7.67. The number of hydrogen-bond donors (Lipinski definition) is 1. The summed E-state index contributed by atoms with van der Waals surface area (Å²) in [6, 6.07) is 2.06. The van der Waals surface area contributed by atoms with Crippen LogP contribution in [-0.4, -0.2) is 45.8 Å². The number of rotatable bonds is 8. The predicted octanol–water partition coefficient (Wildman–Crippen LogP) is 5.76. The molecule has 0 aliphatic carbocycles. The first-order valence-electron chi connectivity index (χ1n) is 7.43. The van der Waals surface area contributed by atoms with Gasteiger partial charge in [0.15, 0.2) is 0 Å². The van der Waals surface area contributed by atoms with Crippen molar-refractivity contribution in [3.8, 4) is 0 Å². The number of aliphatic hydroxyl groups excluding tert-OH is 1. The average molecular weight is 485 g/mol. The van der Waals surface area contributed by atoms with Gasteiger partial charge in [0.25, 0.3) is 5.69 Å². The van der Waals surface area contributed by atoms with E-state index in [1.54, 1.807) is 0 Å². The van der Waals surface area contributed by atoms with Gasteiger partial charge in [0.05, 0.1) is 11.0 Å². The zero-order chi connectivity index (χ0) is 24.8. The molecule has 0 radical (unpaired) electrons. The van der Waals surface area contributed by atoms with Crippen molar-refractivity contribution in [2.24, 2.45) is 0 Å². The second-order valence-electron chi connectivity index (χ2n) is 6.07. The normalized spacial score (nSPS) is 15.7. The fourth-order valence-electron chi connectivity index (χ4n) is 2.11. The van der Waals surface area contributed by atoms with Crippen LogP contribution in [0.5, 0.6) is 0 Å². The highest BCUT2D eigenvalue weighted by Gasteiger charge is 2.90. The Bertz CT molecular complexity index is 805. The van der Waals surface area contributed by atoms with Gasteiger partial charge >= 0.3 is 35.8 Å². The van der Waals surface area contributed by atoms with Crippen LogP contribution in [0.1, 0.15) is 18.1 Å². The van der Waals surface area contributed by atoms with E-state index < -0.39 is 64.5 Å². The smallest absolute Gasteiger partial charge is 0.388 e. The van der Waals surface area contributed by atoms with Crippen LogP contribution in [0.25, 0.3) is 0 Å². The highest BCUT2D eigenvalue weighted by Crippen LogP contribution is 2.61. The lowest BCUT2D eigenvalue weighted by Crippen LogP contribution is -2.70. The number of nitro benzene ring substituents is 1. The van der Waals surface area contributed by atoms with Gasteiger partial charge in [-0.05, 0) is 17.7 Å². The van der Waals surface area contributed by atoms with E-state index in [0.717, 1.165) is 0 Å². The van der Waals surface area contributed by atoms with Crippen molar-refractivity contribution in [2.75, 3.05) is 0 Å². The Hall–Kier alpha value is -2.33. The Morgan fingerprint density at radius 1 is 0.742 bits per heavy atom. The molecule has 0 saturated heterocycles. The highest BCUT2D eigenvalue weighted by molar-refractivity contribution is 5.34. The summed E-state index contributed by atoms with van der Waals surface area (Å²) in [6.45, 7) is 0. The fourth-order valence-corrected chi connectivity index (χ4v) is 2.11. The lowest BCUT2D eigenvalue weighted by molar-refractivity contribution is -0.440. The van der Waals surface area contributed by atoms with Gasteiger partial charge in [-0.1, -0.05) is 0 Å². The Kier molecular flexibility index (Phi) is 6.60. The first kappa shape index (κ1) is 26.7. The van der Waals surface area contributed by atoms with Crippen LogP contribution in [0.4, 0.5) is 62.8 Å². The van der Waals surface area contributed by atoms with Gasteiger partial charge < -0.3 is 5.11 Å². The van der Waals surface area contributed by atoms with Gasteiger partial charge in [0.1, 0.15) is 0 Å². The van der Waals surface area contributed by atoms with Gasteiger partial charge in [-0.2, -0.15) is 57.1 Å². The van der Waals surface area contributed by atoms with Crippen LogP contribution in [0.2, 0.25) is 0 Å². The van der Waals surface area contributed by atoms with Crippen molar-refractivity contribution >= 4 is 5.69 Å². The third-order valence-corrected chi connectivity index (χ3v) is 3.94. The number of halogens is 13. The van der Waals surface area contributed by atoms with Crippen molar-refractivity contribution < 1.29 is 67.1 Å². The summed E-state index contributed by atoms with van der Waals surface area (Å²) in [5.41, 5.74) is -1.55. The molecular weight excluding hydrogens is 477 g/mol. The summed E-state index contributed by atoms with van der Waals surface area (Å²) in [7, 11) is 0. The van der Waals surface area contributed by atoms with Crippen LogP contribution in [-0.2, 0) is 0 Å². The molecule has 1 N–H and O–H groups in total. The zero-order valence-corrected chi connectivity index (χ0v) is 14.2. The lowest BCUT2D eigenvalue weighted by Gasteiger charge is -2.40. The van der Waals surface area contributed by atoms with E-state index in [4.69, 9.17) is 0 Å². The molecule has 178 valence electrons. The SMILES string of the molecule is O=[N+]([O-])c1ccc(C(O)CC(F)(F)C(F)(F)C(F)(F)C(F)(F)C(F)(F)C(F)(F)F)cc1. The molecule has 4 nitrogen and oxygen atoms in total. The first-order valence-corrected chi connectivity index (χ1v) is 7.43. The largest absolute Gasteiger partial charge is 0.460 e. The zero-order valence-electron chi connectivity index (χ0n) is 14.2. The van der Waals surface area contributed by atoms with E-state index in [9.17, 15) is 72.3 Å². The van der Waals surface area contributed by atoms with E-state index in [1.807, 2.05) is 0 Å². The molecule has 31 heavy (non-hydrogen) atoms. The molecule has 0 spiro atoms. The number of nitrogens with zero attached hydrogens (tertiary/aromatic N) is 1. The molecule has 1 rings (SSSR count). The molecule has 1 unspecified atom stereocenters. The molecule has 0 heterocycles. The quantitative estimate of drug-likeness (QED) is 0.290. The summed E-state index contributed by atoms with van der Waals surface area (Å²) < 4.78 is 169. The van der Waals surface area contributed by atoms with E-state index in [2.05, 4.69) is 0 Å². The fraction of sp³-hybridized carbons (Fsp3) is 0.571. The summed E-state index contributed by atoms with van der Waals surface area (Å²) in [6.07, 6.45) is -13.3. The average Bonchev–Trinajstić information content (AvgIpc) is 2.59. The van der Waals surface area contributed by atoms with Gasteiger partial charge in [0, 0.05) is 18.6 Å². The molecular formula is C14H8F13NO3. The minimum Gasteiger partial charge on any atom is -0.388 e. The highest BCUT2D eigenvalue weighted by atomic mass is 19.4. The predicted molar refractivity (Wildman–Crippen MR) is 73.5 cm³/mol. The molecule has 0 aliphatic heterocycles. The summed E-state index contributed by atoms with van der Waals surface area (Å²) >= 11 is 0. The van der Waals surface area contributed by atoms with E-state index in [-0.39, 0.29) is 0 Å². The number of benzene rings is 1. The lowest BCUT2D eigenvalue weighted by atomic mass is 9.90. The number of non-ortho nitro benzene ring substituents is 1. The maximum Gasteiger partial charge on any atom is 0.460 e. The summed E-state index contributed by atoms with van der Waals surface area (Å²) in [5.74, 6) is -37.8. The number of aliphatic hydroxyl groups is 1. The van der Waals surface area contributed by atoms with Crippen LogP contribution in [0.15, 0.2) is 24.3 Å². The summed E-state index contributed by atoms with van der Waals surface area (Å²) in [4.78, 5) is 9.40. The molecule has 0 bridgehead atoms. The molecule has 1 aromatic rings. The van der Waals surface area contributed by atoms with Crippen molar-refractivity contribution in [1.82, 2.24) is 0 Å². The van der Waals surface area contributed by atoms with E-state index >= 15 is 0 Å². The maximum atomic E-state index is 13.7. The molecule has 0 amide bonds. The molecule has 1 aromatic carbocycles. The minimum atomic E-state index is -8.02. The maximum absolute atomic E-state index is 13.7. The summed E-state index contributed by atoms with van der Waals surface area (Å²) in [5, 5.41) is 19.9. The van der Waals surface area contributed by atoms with Gasteiger partial charge in [-0.15, -0.1) is 0 Å². The van der Waals surface area contributed by atoms with Gasteiger partial charge in [-0.25, -0.2) is 0 Å². The Balaban J connectivity index is 3.31. The molecule has 0 fully saturated rings. The van der Waals surface area contributed by atoms with E-state index in [1.165, 1.54) is 0 Å². The first-order chi connectivity index (χ1) is 13.5. The van der Waals surface area contributed by atoms with Crippen molar-refractivity contribution in [3.05, 3.63) is 39.9 Å². The molecule has 0 aliphatic rings. The molecule has 17 heteroatoms. The van der Waals surface area contributed by atoms with Crippen LogP contribution in [0, 0.1) is 10.1 Å². The Morgan fingerprint density at radius 3 is 1.48 bits per heavy atom. The van der Waals surface area contributed by atoms with Crippen LogP contribution in [0.3, 0.4) is 0 Å². The number of nitro groups is 1. The second-order valence-corrected chi connectivity index (χ2v) is 6.07. The van der Waals surface area contributed by atoms with Crippen molar-refractivity contribution in [1.29, 1.82) is 0 Å². The van der Waals surface area contributed by atoms with Crippen LogP contribution < -0.4 is 0 Å². The number of alkyl halides is 13. The third kappa shape index (κ3) is 4.23. The number of hydrogen-bond acceptors (Lipinski definition) is 3. The molecule has 0 aromatic heterocycles. The van der Waals surface area contributed by atoms with E-state index in [0.29, 0.717) is 24.3 Å². The van der Waals surface area contributed by atoms with Gasteiger partial charge in [-0.3, -0.25) is 10.1 Å². The minimum absolute atomic E-state index is 0.488. The molecule has 1 atom stereocenters. The Labute approximate surface area is 162 Å². The van der Waals surface area contributed by atoms with Crippen molar-refractivity contribution in [3.63, 3.8) is 0 Å².